The topological polar surface area (TPSA) is 34.1 Å². The summed E-state index contributed by atoms with van der Waals surface area (Å²) in [4.78, 5) is 4.18. The first-order valence-corrected chi connectivity index (χ1v) is 5.67. The van der Waals surface area contributed by atoms with Gasteiger partial charge in [-0.3, -0.25) is 4.98 Å². The summed E-state index contributed by atoms with van der Waals surface area (Å²) in [6.07, 6.45) is 1.74. The molecule has 0 saturated carbocycles. The lowest BCUT2D eigenvalue weighted by Gasteiger charge is -2.09. The lowest BCUT2D eigenvalue weighted by atomic mass is 10.3. The van der Waals surface area contributed by atoms with E-state index in [1.165, 1.54) is 0 Å². The SMILES string of the molecule is CNc1ccc(OCc2ccccn2)c(Cl)c1. The van der Waals surface area contributed by atoms with Gasteiger partial charge in [-0.25, -0.2) is 0 Å². The zero-order chi connectivity index (χ0) is 12.1. The fourth-order valence-electron chi connectivity index (χ4n) is 1.41. The Bertz CT molecular complexity index is 488. The summed E-state index contributed by atoms with van der Waals surface area (Å²) >= 11 is 6.09. The first kappa shape index (κ1) is 11.7. The average Bonchev–Trinajstić information content (AvgIpc) is 2.38. The molecule has 2 rings (SSSR count). The molecule has 1 aromatic carbocycles. The lowest BCUT2D eigenvalue weighted by Crippen LogP contribution is -1.98. The van der Waals surface area contributed by atoms with Crippen molar-refractivity contribution in [1.82, 2.24) is 4.98 Å². The third-order valence-corrected chi connectivity index (χ3v) is 2.62. The van der Waals surface area contributed by atoms with E-state index >= 15 is 0 Å². The first-order valence-electron chi connectivity index (χ1n) is 5.29. The highest BCUT2D eigenvalue weighted by molar-refractivity contribution is 6.32. The number of rotatable bonds is 4. The van der Waals surface area contributed by atoms with Gasteiger partial charge in [0.15, 0.2) is 0 Å². The molecule has 0 unspecified atom stereocenters. The van der Waals surface area contributed by atoms with Gasteiger partial charge in [-0.05, 0) is 30.3 Å². The van der Waals surface area contributed by atoms with Crippen LogP contribution in [0.2, 0.25) is 5.02 Å². The normalized spacial score (nSPS) is 10.0. The Balaban J connectivity index is 2.04. The van der Waals surface area contributed by atoms with Gasteiger partial charge in [-0.2, -0.15) is 0 Å². The summed E-state index contributed by atoms with van der Waals surface area (Å²) in [5.74, 6) is 0.663. The van der Waals surface area contributed by atoms with E-state index in [9.17, 15) is 0 Å². The number of pyridine rings is 1. The van der Waals surface area contributed by atoms with Gasteiger partial charge in [0.05, 0.1) is 10.7 Å². The van der Waals surface area contributed by atoms with Crippen LogP contribution in [0, 0.1) is 0 Å². The van der Waals surface area contributed by atoms with Gasteiger partial charge in [0.2, 0.25) is 0 Å². The van der Waals surface area contributed by atoms with E-state index in [2.05, 4.69) is 10.3 Å². The molecule has 0 saturated heterocycles. The van der Waals surface area contributed by atoms with Gasteiger partial charge in [-0.1, -0.05) is 17.7 Å². The Morgan fingerprint density at radius 1 is 1.29 bits per heavy atom. The van der Waals surface area contributed by atoms with Crippen molar-refractivity contribution in [3.05, 3.63) is 53.3 Å². The molecule has 0 radical (unpaired) electrons. The molecule has 2 aromatic rings. The molecule has 4 heteroatoms. The highest BCUT2D eigenvalue weighted by atomic mass is 35.5. The number of anilines is 1. The zero-order valence-corrected chi connectivity index (χ0v) is 10.2. The number of nitrogens with zero attached hydrogens (tertiary/aromatic N) is 1. The maximum Gasteiger partial charge on any atom is 0.138 e. The lowest BCUT2D eigenvalue weighted by molar-refractivity contribution is 0.301. The molecule has 0 aliphatic heterocycles. The molecule has 0 aliphatic carbocycles. The van der Waals surface area contributed by atoms with Crippen LogP contribution in [0.5, 0.6) is 5.75 Å². The minimum atomic E-state index is 0.416. The van der Waals surface area contributed by atoms with Crippen molar-refractivity contribution >= 4 is 17.3 Å². The van der Waals surface area contributed by atoms with E-state index in [-0.39, 0.29) is 0 Å². The second kappa shape index (κ2) is 5.55. The second-order valence-electron chi connectivity index (χ2n) is 3.50. The fraction of sp³-hybridized carbons (Fsp3) is 0.154. The Kier molecular flexibility index (Phi) is 3.83. The minimum Gasteiger partial charge on any atom is -0.486 e. The van der Waals surface area contributed by atoms with Gasteiger partial charge in [0.1, 0.15) is 12.4 Å². The Labute approximate surface area is 105 Å². The van der Waals surface area contributed by atoms with Crippen molar-refractivity contribution in [2.75, 3.05) is 12.4 Å². The van der Waals surface area contributed by atoms with Crippen LogP contribution in [-0.2, 0) is 6.61 Å². The highest BCUT2D eigenvalue weighted by Gasteiger charge is 2.03. The molecule has 0 amide bonds. The molecule has 0 fully saturated rings. The Hall–Kier alpha value is -1.74. The number of ether oxygens (including phenoxy) is 1. The van der Waals surface area contributed by atoms with Gasteiger partial charge < -0.3 is 10.1 Å². The van der Waals surface area contributed by atoms with E-state index in [0.29, 0.717) is 17.4 Å². The summed E-state index contributed by atoms with van der Waals surface area (Å²) in [6, 6.07) is 11.3. The van der Waals surface area contributed by atoms with E-state index in [1.807, 2.05) is 43.4 Å². The monoisotopic (exact) mass is 248 g/mol. The smallest absolute Gasteiger partial charge is 0.138 e. The van der Waals surface area contributed by atoms with E-state index < -0.39 is 0 Å². The number of nitrogens with one attached hydrogen (secondary N) is 1. The fourth-order valence-corrected chi connectivity index (χ4v) is 1.64. The van der Waals surface area contributed by atoms with E-state index in [4.69, 9.17) is 16.3 Å². The van der Waals surface area contributed by atoms with Crippen LogP contribution >= 0.6 is 11.6 Å². The summed E-state index contributed by atoms with van der Waals surface area (Å²) in [6.45, 7) is 0.416. The third-order valence-electron chi connectivity index (χ3n) is 2.32. The van der Waals surface area contributed by atoms with Crippen LogP contribution in [0.15, 0.2) is 42.6 Å². The zero-order valence-electron chi connectivity index (χ0n) is 9.48. The van der Waals surface area contributed by atoms with Crippen molar-refractivity contribution in [1.29, 1.82) is 0 Å². The number of benzene rings is 1. The van der Waals surface area contributed by atoms with Crippen LogP contribution in [0.1, 0.15) is 5.69 Å². The van der Waals surface area contributed by atoms with Crippen molar-refractivity contribution in [2.24, 2.45) is 0 Å². The van der Waals surface area contributed by atoms with Crippen molar-refractivity contribution < 1.29 is 4.74 Å². The predicted octanol–water partition coefficient (Wildman–Crippen LogP) is 3.36. The molecule has 1 N–H and O–H groups in total. The van der Waals surface area contributed by atoms with Crippen molar-refractivity contribution in [3.63, 3.8) is 0 Å². The number of aromatic nitrogens is 1. The Morgan fingerprint density at radius 2 is 2.18 bits per heavy atom. The largest absolute Gasteiger partial charge is 0.486 e. The van der Waals surface area contributed by atoms with E-state index in [0.717, 1.165) is 11.4 Å². The van der Waals surface area contributed by atoms with Crippen LogP contribution < -0.4 is 10.1 Å². The van der Waals surface area contributed by atoms with Crippen LogP contribution in [0.4, 0.5) is 5.69 Å². The highest BCUT2D eigenvalue weighted by Crippen LogP contribution is 2.27. The van der Waals surface area contributed by atoms with Gasteiger partial charge >= 0.3 is 0 Å². The number of hydrogen-bond donors (Lipinski definition) is 1. The molecule has 88 valence electrons. The molecule has 17 heavy (non-hydrogen) atoms. The molecule has 0 spiro atoms. The third kappa shape index (κ3) is 3.11. The van der Waals surface area contributed by atoms with Crippen LogP contribution in [0.3, 0.4) is 0 Å². The first-order chi connectivity index (χ1) is 8.29. The standard InChI is InChI=1S/C13H13ClN2O/c1-15-10-5-6-13(12(14)8-10)17-9-11-4-2-3-7-16-11/h2-8,15H,9H2,1H3. The number of halogens is 1. The van der Waals surface area contributed by atoms with Crippen LogP contribution in [-0.4, -0.2) is 12.0 Å². The van der Waals surface area contributed by atoms with Gasteiger partial charge in [0.25, 0.3) is 0 Å². The molecule has 0 bridgehead atoms. The van der Waals surface area contributed by atoms with Gasteiger partial charge in [-0.15, -0.1) is 0 Å². The van der Waals surface area contributed by atoms with Crippen molar-refractivity contribution in [3.8, 4) is 5.75 Å². The van der Waals surface area contributed by atoms with Gasteiger partial charge in [0, 0.05) is 18.9 Å². The molecular formula is C13H13ClN2O. The number of hydrogen-bond acceptors (Lipinski definition) is 3. The molecule has 0 atom stereocenters. The molecular weight excluding hydrogens is 236 g/mol. The maximum atomic E-state index is 6.09. The Morgan fingerprint density at radius 3 is 2.82 bits per heavy atom. The van der Waals surface area contributed by atoms with Crippen LogP contribution in [0.25, 0.3) is 0 Å². The summed E-state index contributed by atoms with van der Waals surface area (Å²) in [7, 11) is 1.85. The molecule has 3 nitrogen and oxygen atoms in total. The average molecular weight is 249 g/mol. The summed E-state index contributed by atoms with van der Waals surface area (Å²) in [5.41, 5.74) is 1.83. The molecule has 1 aromatic heterocycles. The quantitative estimate of drug-likeness (QED) is 0.901. The second-order valence-corrected chi connectivity index (χ2v) is 3.91. The molecule has 0 aliphatic rings. The maximum absolute atomic E-state index is 6.09. The van der Waals surface area contributed by atoms with Crippen molar-refractivity contribution in [2.45, 2.75) is 6.61 Å². The summed E-state index contributed by atoms with van der Waals surface area (Å²) < 4.78 is 5.60. The minimum absolute atomic E-state index is 0.416. The molecule has 1 heterocycles. The summed E-state index contributed by atoms with van der Waals surface area (Å²) in [5, 5.41) is 3.61. The van der Waals surface area contributed by atoms with E-state index in [1.54, 1.807) is 6.20 Å². The predicted molar refractivity (Wildman–Crippen MR) is 69.6 cm³/mol.